The summed E-state index contributed by atoms with van der Waals surface area (Å²) in [7, 11) is 0. The predicted octanol–water partition coefficient (Wildman–Crippen LogP) is 12.1. The van der Waals surface area contributed by atoms with E-state index < -0.39 is 0 Å². The quantitative estimate of drug-likeness (QED) is 0.144. The zero-order valence-corrected chi connectivity index (χ0v) is 23.5. The van der Waals surface area contributed by atoms with Crippen molar-refractivity contribution in [2.75, 3.05) is 0 Å². The van der Waals surface area contributed by atoms with Gasteiger partial charge in [-0.25, -0.2) is 0 Å². The second kappa shape index (κ2) is 9.91. The maximum Gasteiger partial charge on any atom is -0.000752 e. The SMILES string of the molecule is C=C/C=C(\CCC)c1c2c(c(-c3ccccc3)c3cc(C=C)c(C=C)cc13)-c1cccc3c1c-2cc1ccccc13. The second-order valence-electron chi connectivity index (χ2n) is 10.9. The van der Waals surface area contributed by atoms with Crippen molar-refractivity contribution >= 4 is 50.0 Å². The van der Waals surface area contributed by atoms with E-state index in [0.29, 0.717) is 0 Å². The Labute approximate surface area is 242 Å². The van der Waals surface area contributed by atoms with E-state index in [9.17, 15) is 0 Å². The number of fused-ring (bicyclic) bond motifs is 6. The molecule has 1 aliphatic carbocycles. The average molecular weight is 525 g/mol. The first-order chi connectivity index (χ1) is 20.2. The summed E-state index contributed by atoms with van der Waals surface area (Å²) in [6, 6.07) is 33.6. The first-order valence-electron chi connectivity index (χ1n) is 14.4. The zero-order valence-electron chi connectivity index (χ0n) is 23.5. The molecule has 0 heteroatoms. The minimum Gasteiger partial charge on any atom is -0.0991 e. The van der Waals surface area contributed by atoms with Crippen molar-refractivity contribution < 1.29 is 0 Å². The highest BCUT2D eigenvalue weighted by atomic mass is 14.3. The standard InChI is InChI=1S/C41H32/c1-5-15-28(16-6-2)37-34-23-26(7-3)27(8-4)24-35(34)38(29-17-10-9-11-18-29)40-33-22-14-21-32-31-20-13-12-19-30(31)25-36(39(32)33)41(37)40/h5,7-15,17-25H,1,3-4,6,16H2,2H3/b28-15+. The molecule has 0 spiro atoms. The van der Waals surface area contributed by atoms with Crippen LogP contribution in [0, 0.1) is 0 Å². The highest BCUT2D eigenvalue weighted by Crippen LogP contribution is 2.58. The highest BCUT2D eigenvalue weighted by Gasteiger charge is 2.31. The van der Waals surface area contributed by atoms with Gasteiger partial charge in [-0.1, -0.05) is 130 Å². The molecule has 0 amide bonds. The van der Waals surface area contributed by atoms with Crippen molar-refractivity contribution in [2.24, 2.45) is 0 Å². The summed E-state index contributed by atoms with van der Waals surface area (Å²) in [5.74, 6) is 0. The molecule has 196 valence electrons. The Morgan fingerprint density at radius 2 is 1.34 bits per heavy atom. The first kappa shape index (κ1) is 25.1. The molecule has 0 aliphatic heterocycles. The van der Waals surface area contributed by atoms with Crippen LogP contribution in [0.25, 0.3) is 83.4 Å². The molecule has 1 aliphatic rings. The van der Waals surface area contributed by atoms with E-state index in [2.05, 4.69) is 124 Å². The number of hydrogen-bond donors (Lipinski definition) is 0. The Morgan fingerprint density at radius 1 is 0.634 bits per heavy atom. The van der Waals surface area contributed by atoms with Crippen LogP contribution in [0.3, 0.4) is 0 Å². The van der Waals surface area contributed by atoms with Gasteiger partial charge in [0.2, 0.25) is 0 Å². The van der Waals surface area contributed by atoms with Gasteiger partial charge in [0.1, 0.15) is 0 Å². The van der Waals surface area contributed by atoms with Gasteiger partial charge in [0, 0.05) is 0 Å². The van der Waals surface area contributed by atoms with Gasteiger partial charge < -0.3 is 0 Å². The Balaban J connectivity index is 1.80. The van der Waals surface area contributed by atoms with Crippen molar-refractivity contribution in [1.82, 2.24) is 0 Å². The van der Waals surface area contributed by atoms with Crippen molar-refractivity contribution in [2.45, 2.75) is 19.8 Å². The molecule has 0 saturated heterocycles. The van der Waals surface area contributed by atoms with E-state index in [1.165, 1.54) is 76.8 Å². The number of hydrogen-bond acceptors (Lipinski definition) is 0. The van der Waals surface area contributed by atoms with Crippen LogP contribution < -0.4 is 0 Å². The average Bonchev–Trinajstić information content (AvgIpc) is 3.34. The maximum atomic E-state index is 4.17. The molecule has 0 saturated carbocycles. The molecule has 0 fully saturated rings. The maximum absolute atomic E-state index is 4.17. The number of benzene rings is 6. The Morgan fingerprint density at radius 3 is 2.07 bits per heavy atom. The molecule has 0 aromatic heterocycles. The molecule has 6 aromatic rings. The summed E-state index contributed by atoms with van der Waals surface area (Å²) in [6.07, 6.45) is 10.1. The molecular weight excluding hydrogens is 492 g/mol. The molecule has 0 unspecified atom stereocenters. The van der Waals surface area contributed by atoms with Crippen LogP contribution in [0.15, 0.2) is 123 Å². The smallest absolute Gasteiger partial charge is 0.000752 e. The lowest BCUT2D eigenvalue weighted by atomic mass is 9.80. The topological polar surface area (TPSA) is 0 Å². The lowest BCUT2D eigenvalue weighted by molar-refractivity contribution is 0.975. The van der Waals surface area contributed by atoms with E-state index in [0.717, 1.165) is 24.0 Å². The Kier molecular flexibility index (Phi) is 6.06. The summed E-state index contributed by atoms with van der Waals surface area (Å²) in [6.45, 7) is 14.7. The lowest BCUT2D eigenvalue weighted by Crippen LogP contribution is -1.98. The minimum absolute atomic E-state index is 0.970. The minimum atomic E-state index is 0.970. The third kappa shape index (κ3) is 3.68. The predicted molar refractivity (Wildman–Crippen MR) is 182 cm³/mol. The van der Waals surface area contributed by atoms with E-state index in [4.69, 9.17) is 0 Å². The Hall–Kier alpha value is -4.94. The van der Waals surface area contributed by atoms with Gasteiger partial charge in [-0.3, -0.25) is 0 Å². The van der Waals surface area contributed by atoms with Crippen LogP contribution in [-0.4, -0.2) is 0 Å². The lowest BCUT2D eigenvalue weighted by Gasteiger charge is -2.23. The normalized spacial score (nSPS) is 12.2. The van der Waals surface area contributed by atoms with Gasteiger partial charge in [-0.05, 0) is 113 Å². The molecule has 0 bridgehead atoms. The van der Waals surface area contributed by atoms with Crippen molar-refractivity contribution in [3.63, 3.8) is 0 Å². The highest BCUT2D eigenvalue weighted by molar-refractivity contribution is 6.29. The largest absolute Gasteiger partial charge is 0.0991 e. The fraction of sp³-hybridized carbons (Fsp3) is 0.0732. The molecule has 6 aromatic carbocycles. The van der Waals surface area contributed by atoms with E-state index in [1.54, 1.807) is 0 Å². The first-order valence-corrected chi connectivity index (χ1v) is 14.4. The fourth-order valence-electron chi connectivity index (χ4n) is 6.97. The van der Waals surface area contributed by atoms with Gasteiger partial charge in [0.05, 0.1) is 0 Å². The number of allylic oxidation sites excluding steroid dienone is 3. The summed E-state index contributed by atoms with van der Waals surface area (Å²) in [4.78, 5) is 0. The van der Waals surface area contributed by atoms with Crippen LogP contribution >= 0.6 is 0 Å². The molecule has 41 heavy (non-hydrogen) atoms. The van der Waals surface area contributed by atoms with Crippen LogP contribution in [0.2, 0.25) is 0 Å². The van der Waals surface area contributed by atoms with Gasteiger partial charge >= 0.3 is 0 Å². The van der Waals surface area contributed by atoms with Crippen molar-refractivity contribution in [3.8, 4) is 33.4 Å². The monoisotopic (exact) mass is 524 g/mol. The third-order valence-electron chi connectivity index (χ3n) is 8.60. The molecule has 7 rings (SSSR count). The third-order valence-corrected chi connectivity index (χ3v) is 8.60. The molecular formula is C41H32. The second-order valence-corrected chi connectivity index (χ2v) is 10.9. The summed E-state index contributed by atoms with van der Waals surface area (Å²) < 4.78 is 0. The summed E-state index contributed by atoms with van der Waals surface area (Å²) >= 11 is 0. The van der Waals surface area contributed by atoms with Gasteiger partial charge in [-0.2, -0.15) is 0 Å². The van der Waals surface area contributed by atoms with Crippen LogP contribution in [0.1, 0.15) is 36.5 Å². The van der Waals surface area contributed by atoms with Gasteiger partial charge in [0.25, 0.3) is 0 Å². The molecule has 0 N–H and O–H groups in total. The summed E-state index contributed by atoms with van der Waals surface area (Å²) in [5, 5.41) is 7.71. The van der Waals surface area contributed by atoms with Gasteiger partial charge in [-0.15, -0.1) is 0 Å². The molecule has 0 heterocycles. The molecule has 0 atom stereocenters. The summed E-state index contributed by atoms with van der Waals surface area (Å²) in [5.41, 5.74) is 12.6. The van der Waals surface area contributed by atoms with Crippen LogP contribution in [0.5, 0.6) is 0 Å². The number of rotatable bonds is 7. The van der Waals surface area contributed by atoms with E-state index >= 15 is 0 Å². The van der Waals surface area contributed by atoms with Crippen LogP contribution in [-0.2, 0) is 0 Å². The Bertz CT molecular complexity index is 2080. The van der Waals surface area contributed by atoms with Crippen molar-refractivity contribution in [3.05, 3.63) is 140 Å². The zero-order chi connectivity index (χ0) is 28.1. The van der Waals surface area contributed by atoms with Crippen molar-refractivity contribution in [1.29, 1.82) is 0 Å². The fourth-order valence-corrected chi connectivity index (χ4v) is 6.97. The van der Waals surface area contributed by atoms with E-state index in [-0.39, 0.29) is 0 Å². The molecule has 0 nitrogen and oxygen atoms in total. The molecule has 0 radical (unpaired) electrons. The van der Waals surface area contributed by atoms with E-state index in [1.807, 2.05) is 18.2 Å². The van der Waals surface area contributed by atoms with Gasteiger partial charge in [0.15, 0.2) is 0 Å². The van der Waals surface area contributed by atoms with Crippen LogP contribution in [0.4, 0.5) is 0 Å².